The van der Waals surface area contributed by atoms with Crippen LogP contribution in [0.15, 0.2) is 61.2 Å². The lowest BCUT2D eigenvalue weighted by molar-refractivity contribution is 0.0933. The number of carbonyl (C=O) groups is 1. The highest BCUT2D eigenvalue weighted by molar-refractivity contribution is 6.34. The van der Waals surface area contributed by atoms with Gasteiger partial charge in [-0.15, -0.1) is 0 Å². The highest BCUT2D eigenvalue weighted by Crippen LogP contribution is 2.23. The molecular weight excluding hydrogens is 336 g/mol. The maximum absolute atomic E-state index is 12.8. The Labute approximate surface area is 151 Å². The van der Waals surface area contributed by atoms with Crippen molar-refractivity contribution in [1.82, 2.24) is 20.1 Å². The monoisotopic (exact) mass is 354 g/mol. The summed E-state index contributed by atoms with van der Waals surface area (Å²) in [5, 5.41) is 7.69. The molecule has 1 heterocycles. The molecule has 0 aliphatic rings. The van der Waals surface area contributed by atoms with Crippen molar-refractivity contribution in [1.29, 1.82) is 0 Å². The van der Waals surface area contributed by atoms with Crippen LogP contribution in [-0.2, 0) is 6.54 Å². The summed E-state index contributed by atoms with van der Waals surface area (Å²) in [6.45, 7) is 2.54. The summed E-state index contributed by atoms with van der Waals surface area (Å²) in [4.78, 5) is 16.8. The van der Waals surface area contributed by atoms with Crippen LogP contribution in [0.25, 0.3) is 0 Å². The van der Waals surface area contributed by atoms with Crippen molar-refractivity contribution in [3.63, 3.8) is 0 Å². The summed E-state index contributed by atoms with van der Waals surface area (Å²) in [5.74, 6) is -0.171. The molecule has 5 nitrogen and oxygen atoms in total. The van der Waals surface area contributed by atoms with Gasteiger partial charge in [-0.25, -0.2) is 4.98 Å². The molecule has 0 spiro atoms. The summed E-state index contributed by atoms with van der Waals surface area (Å²) in [5.41, 5.74) is 2.42. The number of benzene rings is 2. The van der Waals surface area contributed by atoms with E-state index in [1.165, 1.54) is 6.33 Å². The van der Waals surface area contributed by atoms with Crippen molar-refractivity contribution in [2.45, 2.75) is 25.9 Å². The van der Waals surface area contributed by atoms with Crippen LogP contribution >= 0.6 is 11.6 Å². The minimum atomic E-state index is -0.171. The van der Waals surface area contributed by atoms with Crippen molar-refractivity contribution < 1.29 is 4.79 Å². The molecule has 0 fully saturated rings. The number of aromatic nitrogens is 3. The fourth-order valence-electron chi connectivity index (χ4n) is 2.77. The second kappa shape index (κ2) is 7.94. The first-order chi connectivity index (χ1) is 12.1. The Hall–Kier alpha value is -2.66. The van der Waals surface area contributed by atoms with Crippen molar-refractivity contribution >= 4 is 17.5 Å². The van der Waals surface area contributed by atoms with E-state index in [0.717, 1.165) is 11.1 Å². The van der Waals surface area contributed by atoms with Gasteiger partial charge in [0.1, 0.15) is 12.7 Å². The molecule has 0 aliphatic heterocycles. The molecule has 1 N–H and O–H groups in total. The van der Waals surface area contributed by atoms with Crippen LogP contribution in [0.1, 0.15) is 33.9 Å². The van der Waals surface area contributed by atoms with Crippen LogP contribution in [0.4, 0.5) is 0 Å². The van der Waals surface area contributed by atoms with Crippen LogP contribution in [0, 0.1) is 6.92 Å². The quantitative estimate of drug-likeness (QED) is 0.732. The van der Waals surface area contributed by atoms with E-state index < -0.39 is 0 Å². The van der Waals surface area contributed by atoms with Crippen LogP contribution in [0.5, 0.6) is 0 Å². The van der Waals surface area contributed by atoms with E-state index in [1.807, 2.05) is 49.4 Å². The molecule has 0 radical (unpaired) electrons. The predicted octanol–water partition coefficient (Wildman–Crippen LogP) is 3.80. The molecule has 128 valence electrons. The van der Waals surface area contributed by atoms with Gasteiger partial charge in [-0.2, -0.15) is 5.10 Å². The molecule has 0 saturated carbocycles. The van der Waals surface area contributed by atoms with Gasteiger partial charge in [0.15, 0.2) is 0 Å². The fraction of sp³-hybridized carbons (Fsp3) is 0.211. The second-order valence-corrected chi connectivity index (χ2v) is 6.22. The van der Waals surface area contributed by atoms with Gasteiger partial charge < -0.3 is 5.32 Å². The summed E-state index contributed by atoms with van der Waals surface area (Å²) in [7, 11) is 0. The summed E-state index contributed by atoms with van der Waals surface area (Å²) >= 11 is 6.23. The summed E-state index contributed by atoms with van der Waals surface area (Å²) in [6.07, 6.45) is 3.87. The zero-order valence-corrected chi connectivity index (χ0v) is 14.6. The maximum atomic E-state index is 12.8. The van der Waals surface area contributed by atoms with Crippen molar-refractivity contribution in [2.24, 2.45) is 0 Å². The van der Waals surface area contributed by atoms with Crippen molar-refractivity contribution in [3.05, 3.63) is 82.9 Å². The summed E-state index contributed by atoms with van der Waals surface area (Å²) in [6, 6.07) is 15.2. The molecule has 1 aromatic heterocycles. The lowest BCUT2D eigenvalue weighted by atomic mass is 10.0. The van der Waals surface area contributed by atoms with Gasteiger partial charge in [-0.05, 0) is 30.5 Å². The Kier molecular flexibility index (Phi) is 5.46. The molecule has 3 aromatic rings. The van der Waals surface area contributed by atoms with Gasteiger partial charge in [0.05, 0.1) is 16.6 Å². The number of amides is 1. The third kappa shape index (κ3) is 4.25. The molecule has 1 amide bonds. The number of rotatable bonds is 6. The van der Waals surface area contributed by atoms with Crippen LogP contribution < -0.4 is 5.32 Å². The molecule has 25 heavy (non-hydrogen) atoms. The smallest absolute Gasteiger partial charge is 0.253 e. The van der Waals surface area contributed by atoms with Crippen LogP contribution in [0.3, 0.4) is 0 Å². The third-order valence-corrected chi connectivity index (χ3v) is 4.38. The van der Waals surface area contributed by atoms with E-state index in [9.17, 15) is 4.79 Å². The van der Waals surface area contributed by atoms with E-state index in [2.05, 4.69) is 15.4 Å². The summed E-state index contributed by atoms with van der Waals surface area (Å²) < 4.78 is 1.75. The first-order valence-electron chi connectivity index (χ1n) is 8.08. The number of aryl methyl sites for hydroxylation is 2. The number of nitrogens with zero attached hydrogens (tertiary/aromatic N) is 3. The van der Waals surface area contributed by atoms with E-state index in [0.29, 0.717) is 23.6 Å². The lowest BCUT2D eigenvalue weighted by Gasteiger charge is -2.20. The van der Waals surface area contributed by atoms with Gasteiger partial charge in [0.25, 0.3) is 5.91 Å². The van der Waals surface area contributed by atoms with E-state index >= 15 is 0 Å². The maximum Gasteiger partial charge on any atom is 0.253 e. The van der Waals surface area contributed by atoms with E-state index in [1.54, 1.807) is 17.1 Å². The number of hydrogen-bond acceptors (Lipinski definition) is 3. The Morgan fingerprint density at radius 2 is 2.00 bits per heavy atom. The standard InChI is InChI=1S/C19H19ClN4O/c1-14-6-5-9-16(20)18(14)19(25)23-17(15-7-3-2-4-8-15)10-11-24-13-21-12-22-24/h2-9,12-13,17H,10-11H2,1H3,(H,23,25)/t17-/m1/s1. The average Bonchev–Trinajstić information content (AvgIpc) is 3.12. The number of carbonyl (C=O) groups excluding carboxylic acids is 1. The van der Waals surface area contributed by atoms with E-state index in [4.69, 9.17) is 11.6 Å². The Morgan fingerprint density at radius 3 is 2.68 bits per heavy atom. The van der Waals surface area contributed by atoms with Gasteiger partial charge in [-0.3, -0.25) is 9.48 Å². The Morgan fingerprint density at radius 1 is 1.20 bits per heavy atom. The Bertz CT molecular complexity index is 814. The molecule has 1 atom stereocenters. The van der Waals surface area contributed by atoms with Gasteiger partial charge >= 0.3 is 0 Å². The molecule has 2 aromatic carbocycles. The largest absolute Gasteiger partial charge is 0.345 e. The zero-order chi connectivity index (χ0) is 17.6. The topological polar surface area (TPSA) is 59.8 Å². The van der Waals surface area contributed by atoms with Crippen molar-refractivity contribution in [3.8, 4) is 0 Å². The minimum Gasteiger partial charge on any atom is -0.345 e. The second-order valence-electron chi connectivity index (χ2n) is 5.82. The first-order valence-corrected chi connectivity index (χ1v) is 8.46. The fourth-order valence-corrected chi connectivity index (χ4v) is 3.07. The van der Waals surface area contributed by atoms with Crippen LogP contribution in [-0.4, -0.2) is 20.7 Å². The molecule has 3 rings (SSSR count). The normalized spacial score (nSPS) is 11.9. The molecule has 0 aliphatic carbocycles. The zero-order valence-electron chi connectivity index (χ0n) is 13.9. The molecule has 0 unspecified atom stereocenters. The molecule has 0 saturated heterocycles. The van der Waals surface area contributed by atoms with Gasteiger partial charge in [0, 0.05) is 6.54 Å². The number of halogens is 1. The SMILES string of the molecule is Cc1cccc(Cl)c1C(=O)N[C@H](CCn1cncn1)c1ccccc1. The van der Waals surface area contributed by atoms with Crippen LogP contribution in [0.2, 0.25) is 5.02 Å². The predicted molar refractivity (Wildman–Crippen MR) is 97.5 cm³/mol. The molecule has 6 heteroatoms. The number of nitrogens with one attached hydrogen (secondary N) is 1. The average molecular weight is 355 g/mol. The molecule has 0 bridgehead atoms. The number of hydrogen-bond donors (Lipinski definition) is 1. The highest BCUT2D eigenvalue weighted by Gasteiger charge is 2.19. The highest BCUT2D eigenvalue weighted by atomic mass is 35.5. The van der Waals surface area contributed by atoms with Crippen molar-refractivity contribution in [2.75, 3.05) is 0 Å². The third-order valence-electron chi connectivity index (χ3n) is 4.07. The molecular formula is C19H19ClN4O. The first kappa shape index (κ1) is 17.2. The van der Waals surface area contributed by atoms with Gasteiger partial charge in [0.2, 0.25) is 0 Å². The van der Waals surface area contributed by atoms with E-state index in [-0.39, 0.29) is 11.9 Å². The minimum absolute atomic E-state index is 0.145. The van der Waals surface area contributed by atoms with Gasteiger partial charge in [-0.1, -0.05) is 54.1 Å². The lowest BCUT2D eigenvalue weighted by Crippen LogP contribution is -2.30. The Balaban J connectivity index is 1.80.